The largest absolute Gasteiger partial charge is 0.463 e. The summed E-state index contributed by atoms with van der Waals surface area (Å²) in [7, 11) is 0. The van der Waals surface area contributed by atoms with Crippen LogP contribution in [-0.4, -0.2) is 101 Å². The zero-order chi connectivity index (χ0) is 38.5. The third-order valence-corrected chi connectivity index (χ3v) is 8.92. The number of hydrogen-bond donors (Lipinski definition) is 1. The molecule has 17 heteroatoms. The fourth-order valence-electron chi connectivity index (χ4n) is 6.36. The molecule has 3 aromatic rings. The summed E-state index contributed by atoms with van der Waals surface area (Å²) in [6.07, 6.45) is 2.05. The van der Waals surface area contributed by atoms with Crippen molar-refractivity contribution in [3.63, 3.8) is 0 Å². The van der Waals surface area contributed by atoms with Crippen LogP contribution in [0.5, 0.6) is 0 Å². The molecule has 2 fully saturated rings. The minimum absolute atomic E-state index is 0.119. The van der Waals surface area contributed by atoms with Gasteiger partial charge in [-0.25, -0.2) is 24.0 Å². The van der Waals surface area contributed by atoms with E-state index in [-0.39, 0.29) is 36.5 Å². The van der Waals surface area contributed by atoms with E-state index in [2.05, 4.69) is 21.3 Å². The van der Waals surface area contributed by atoms with Crippen molar-refractivity contribution in [2.24, 2.45) is 0 Å². The first-order valence-electron chi connectivity index (χ1n) is 16.9. The van der Waals surface area contributed by atoms with E-state index in [0.717, 1.165) is 20.3 Å². The van der Waals surface area contributed by atoms with Crippen LogP contribution in [-0.2, 0) is 54.0 Å². The average molecular weight is 754 g/mol. The predicted molar refractivity (Wildman–Crippen MR) is 188 cm³/mol. The number of anilines is 1. The van der Waals surface area contributed by atoms with Gasteiger partial charge in [0.1, 0.15) is 11.3 Å². The van der Waals surface area contributed by atoms with Gasteiger partial charge in [-0.15, -0.1) is 6.42 Å². The highest BCUT2D eigenvalue weighted by Crippen LogP contribution is 2.44. The molecule has 282 valence electrons. The number of carbonyl (C=O) groups is 5. The summed E-state index contributed by atoms with van der Waals surface area (Å²) in [4.78, 5) is 71.3. The fourth-order valence-corrected chi connectivity index (χ4v) is 6.51. The van der Waals surface area contributed by atoms with Gasteiger partial charge >= 0.3 is 29.9 Å². The third kappa shape index (κ3) is 7.78. The minimum Gasteiger partial charge on any atom is -0.463 e. The molecule has 0 unspecified atom stereocenters. The van der Waals surface area contributed by atoms with Crippen molar-refractivity contribution in [3.8, 4) is 12.3 Å². The third-order valence-electron chi connectivity index (χ3n) is 8.71. The molecular weight excluding hydrogens is 714 g/mol. The van der Waals surface area contributed by atoms with Gasteiger partial charge in [0, 0.05) is 44.4 Å². The molecule has 2 amide bonds. The second-order valence-corrected chi connectivity index (χ2v) is 12.7. The van der Waals surface area contributed by atoms with E-state index in [1.807, 2.05) is 0 Å². The zero-order valence-corrected chi connectivity index (χ0v) is 30.6. The molecule has 1 N–H and O–H groups in total. The van der Waals surface area contributed by atoms with Gasteiger partial charge in [0.25, 0.3) is 5.60 Å². The topological polar surface area (TPSA) is 187 Å². The van der Waals surface area contributed by atoms with Crippen LogP contribution in [0.25, 0.3) is 11.0 Å². The van der Waals surface area contributed by atoms with Gasteiger partial charge in [0.2, 0.25) is 11.7 Å². The lowest BCUT2D eigenvalue weighted by molar-refractivity contribution is -0.200. The summed E-state index contributed by atoms with van der Waals surface area (Å²) in [5, 5.41) is 8.06. The molecule has 2 aliphatic heterocycles. The van der Waals surface area contributed by atoms with E-state index >= 15 is 0 Å². The lowest BCUT2D eigenvalue weighted by Crippen LogP contribution is -2.57. The van der Waals surface area contributed by atoms with E-state index in [0.29, 0.717) is 35.4 Å². The molecule has 4 atom stereocenters. The molecule has 0 radical (unpaired) electrons. The number of hydrogen-bond acceptors (Lipinski definition) is 13. The van der Waals surface area contributed by atoms with Crippen molar-refractivity contribution in [1.29, 1.82) is 0 Å². The van der Waals surface area contributed by atoms with Crippen molar-refractivity contribution in [2.75, 3.05) is 37.8 Å². The average Bonchev–Trinajstić information content (AvgIpc) is 3.59. The van der Waals surface area contributed by atoms with Crippen LogP contribution >= 0.6 is 11.6 Å². The maximum Gasteiger partial charge on any atom is 0.350 e. The number of esters is 4. The Morgan fingerprint density at radius 2 is 1.75 bits per heavy atom. The molecular formula is C36H40ClN5O11. The molecule has 53 heavy (non-hydrogen) atoms. The van der Waals surface area contributed by atoms with E-state index in [9.17, 15) is 24.0 Å². The van der Waals surface area contributed by atoms with Crippen molar-refractivity contribution < 1.29 is 52.4 Å². The van der Waals surface area contributed by atoms with Crippen molar-refractivity contribution in [2.45, 2.75) is 77.1 Å². The van der Waals surface area contributed by atoms with Crippen LogP contribution in [0.15, 0.2) is 36.4 Å². The van der Waals surface area contributed by atoms with E-state index < -0.39 is 60.1 Å². The summed E-state index contributed by atoms with van der Waals surface area (Å²) in [5.41, 5.74) is -2.81. The smallest absolute Gasteiger partial charge is 0.350 e. The fraction of sp³-hybridized carbons (Fsp3) is 0.472. The maximum absolute atomic E-state index is 13.9. The first-order valence-corrected chi connectivity index (χ1v) is 17.3. The number of pyridine rings is 1. The SMILES string of the molecule is C#C[C@@]1(OC(C)=O)[C@@H](COC(Cc2ccc(N3CCCNC3=O)cc2)(C(=O)OCC)C(=O)OCC)O[C@@H](n2nc(C)c3ccc(Cl)nc32)[C@@H]1OC(C)=O. The summed E-state index contributed by atoms with van der Waals surface area (Å²) in [6.45, 7) is 7.21. The molecule has 1 aromatic carbocycles. The Kier molecular flexibility index (Phi) is 11.9. The van der Waals surface area contributed by atoms with Gasteiger partial charge in [-0.3, -0.25) is 14.5 Å². The van der Waals surface area contributed by atoms with Crippen LogP contribution in [0.2, 0.25) is 5.15 Å². The summed E-state index contributed by atoms with van der Waals surface area (Å²) in [6, 6.07) is 9.66. The number of urea groups is 1. The lowest BCUT2D eigenvalue weighted by Gasteiger charge is -2.35. The first kappa shape index (κ1) is 39.0. The number of halogens is 1. The molecule has 4 heterocycles. The van der Waals surface area contributed by atoms with Crippen LogP contribution in [0.4, 0.5) is 10.5 Å². The van der Waals surface area contributed by atoms with Gasteiger partial charge in [-0.2, -0.15) is 5.10 Å². The number of terminal acetylenes is 1. The van der Waals surface area contributed by atoms with Crippen LogP contribution < -0.4 is 10.2 Å². The maximum atomic E-state index is 13.9. The number of nitrogens with zero attached hydrogens (tertiary/aromatic N) is 4. The molecule has 0 bridgehead atoms. The van der Waals surface area contributed by atoms with E-state index in [1.54, 1.807) is 62.1 Å². The minimum atomic E-state index is -2.44. The quantitative estimate of drug-likeness (QED) is 0.0883. The Bertz CT molecular complexity index is 1910. The number of carbonyl (C=O) groups excluding carboxylic acids is 5. The first-order chi connectivity index (χ1) is 25.3. The number of fused-ring (bicyclic) bond motifs is 1. The van der Waals surface area contributed by atoms with Crippen LogP contribution in [0.1, 0.15) is 51.6 Å². The number of amides is 2. The Hall–Kier alpha value is -5.24. The van der Waals surface area contributed by atoms with Gasteiger partial charge in [-0.05, 0) is 57.0 Å². The zero-order valence-electron chi connectivity index (χ0n) is 29.9. The molecule has 2 saturated heterocycles. The standard InChI is InChI=1S/C36H40ClN5O11/c1-7-35(53-23(6)44)27(52-31(29(35)51-22(5)43)42-30-26(21(4)40-42)15-16-28(37)39-30)20-50-36(32(45)48-8-2,33(46)49-9-3)19-24-11-13-25(14-12-24)41-18-10-17-38-34(41)47/h1,11-16,27,29,31H,8-10,17-20H2,2-6H3,(H,38,47)/t27-,29+,31-,35-/m1/s1. The van der Waals surface area contributed by atoms with Gasteiger partial charge in [0.05, 0.1) is 25.5 Å². The van der Waals surface area contributed by atoms with Gasteiger partial charge < -0.3 is 33.7 Å². The van der Waals surface area contributed by atoms with Crippen LogP contribution in [0, 0.1) is 19.3 Å². The van der Waals surface area contributed by atoms with Crippen molar-refractivity contribution in [3.05, 3.63) is 52.8 Å². The Labute approximate surface area is 310 Å². The molecule has 2 aliphatic rings. The number of aromatic nitrogens is 3. The molecule has 0 saturated carbocycles. The number of nitrogens with one attached hydrogen (secondary N) is 1. The van der Waals surface area contributed by atoms with E-state index in [4.69, 9.17) is 46.4 Å². The molecule has 5 rings (SSSR count). The highest BCUT2D eigenvalue weighted by atomic mass is 35.5. The summed E-state index contributed by atoms with van der Waals surface area (Å²) >= 11 is 6.23. The monoisotopic (exact) mass is 753 g/mol. The lowest BCUT2D eigenvalue weighted by atomic mass is 9.91. The van der Waals surface area contributed by atoms with Crippen molar-refractivity contribution >= 4 is 58.2 Å². The number of aryl methyl sites for hydroxylation is 1. The van der Waals surface area contributed by atoms with Gasteiger partial charge in [-0.1, -0.05) is 29.7 Å². The Balaban J connectivity index is 1.57. The van der Waals surface area contributed by atoms with Crippen molar-refractivity contribution in [1.82, 2.24) is 20.1 Å². The molecule has 0 spiro atoms. The summed E-state index contributed by atoms with van der Waals surface area (Å²) in [5.74, 6) is -1.37. The molecule has 0 aliphatic carbocycles. The normalized spacial score (nSPS) is 21.4. The van der Waals surface area contributed by atoms with Gasteiger partial charge in [0.15, 0.2) is 11.9 Å². The Morgan fingerprint density at radius 3 is 2.34 bits per heavy atom. The number of benzene rings is 1. The summed E-state index contributed by atoms with van der Waals surface area (Å²) < 4.78 is 36.1. The highest BCUT2D eigenvalue weighted by Gasteiger charge is 2.64. The second-order valence-electron chi connectivity index (χ2n) is 12.3. The highest BCUT2D eigenvalue weighted by molar-refractivity contribution is 6.29. The predicted octanol–water partition coefficient (Wildman–Crippen LogP) is 3.20. The van der Waals surface area contributed by atoms with E-state index in [1.165, 1.54) is 4.68 Å². The van der Waals surface area contributed by atoms with Crippen LogP contribution in [0.3, 0.4) is 0 Å². The molecule has 16 nitrogen and oxygen atoms in total. The number of rotatable bonds is 13. The molecule has 2 aromatic heterocycles. The Morgan fingerprint density at radius 1 is 1.08 bits per heavy atom. The second kappa shape index (κ2) is 16.2. The number of ether oxygens (including phenoxy) is 6.